The van der Waals surface area contributed by atoms with Crippen LogP contribution < -0.4 is 19.5 Å². The normalized spacial score (nSPS) is 18.9. The van der Waals surface area contributed by atoms with Crippen molar-refractivity contribution in [3.8, 4) is 17.2 Å². The number of nitrogens with one attached hydrogen (secondary N) is 1. The Morgan fingerprint density at radius 1 is 1.10 bits per heavy atom. The molecule has 0 aliphatic carbocycles. The summed E-state index contributed by atoms with van der Waals surface area (Å²) in [6.45, 7) is 7.89. The predicted molar refractivity (Wildman–Crippen MR) is 115 cm³/mol. The van der Waals surface area contributed by atoms with Crippen LogP contribution in [-0.2, 0) is 0 Å². The van der Waals surface area contributed by atoms with Crippen LogP contribution in [0.1, 0.15) is 56.8 Å². The third kappa shape index (κ3) is 4.48. The zero-order chi connectivity index (χ0) is 21.1. The maximum atomic E-state index is 13.1. The molecule has 2 aromatic carbocycles. The van der Waals surface area contributed by atoms with Crippen molar-refractivity contribution >= 4 is 6.03 Å². The number of ether oxygens (including phenoxy) is 3. The quantitative estimate of drug-likeness (QED) is 0.765. The molecule has 0 aromatic heterocycles. The Morgan fingerprint density at radius 3 is 2.70 bits per heavy atom. The van der Waals surface area contributed by atoms with Gasteiger partial charge in [-0.1, -0.05) is 18.2 Å². The van der Waals surface area contributed by atoms with Gasteiger partial charge in [0.2, 0.25) is 0 Å². The van der Waals surface area contributed by atoms with E-state index in [0.717, 1.165) is 47.8 Å². The highest BCUT2D eigenvalue weighted by atomic mass is 16.6. The Bertz CT molecular complexity index is 899. The highest BCUT2D eigenvalue weighted by Crippen LogP contribution is 2.38. The van der Waals surface area contributed by atoms with Gasteiger partial charge in [0, 0.05) is 6.54 Å². The minimum atomic E-state index is -0.116. The molecule has 6 heteroatoms. The van der Waals surface area contributed by atoms with Crippen LogP contribution in [-0.4, -0.2) is 36.8 Å². The number of hydrogen-bond acceptors (Lipinski definition) is 4. The number of nitrogens with zero attached hydrogens (tertiary/aromatic N) is 1. The number of fused-ring (bicyclic) bond motifs is 1. The van der Waals surface area contributed by atoms with Crippen LogP contribution in [0.25, 0.3) is 0 Å². The fourth-order valence-electron chi connectivity index (χ4n) is 4.10. The van der Waals surface area contributed by atoms with Crippen molar-refractivity contribution in [1.82, 2.24) is 10.2 Å². The number of likely N-dealkylation sites (tertiary alicyclic amines) is 1. The molecule has 0 radical (unpaired) electrons. The second kappa shape index (κ2) is 8.86. The van der Waals surface area contributed by atoms with Crippen molar-refractivity contribution < 1.29 is 19.0 Å². The largest absolute Gasteiger partial charge is 0.491 e. The minimum absolute atomic E-state index is 0.0450. The summed E-state index contributed by atoms with van der Waals surface area (Å²) in [5, 5.41) is 3.16. The third-order valence-electron chi connectivity index (χ3n) is 5.53. The fraction of sp³-hybridized carbons (Fsp3) is 0.458. The van der Waals surface area contributed by atoms with E-state index in [1.807, 2.05) is 68.1 Å². The van der Waals surface area contributed by atoms with Gasteiger partial charge in [0.15, 0.2) is 11.5 Å². The van der Waals surface area contributed by atoms with Gasteiger partial charge in [0.1, 0.15) is 19.0 Å². The Kier molecular flexibility index (Phi) is 6.02. The highest BCUT2D eigenvalue weighted by molar-refractivity contribution is 5.75. The van der Waals surface area contributed by atoms with Crippen molar-refractivity contribution in [1.29, 1.82) is 0 Å². The summed E-state index contributed by atoms with van der Waals surface area (Å²) in [4.78, 5) is 15.0. The average molecular weight is 411 g/mol. The first-order valence-electron chi connectivity index (χ1n) is 10.7. The van der Waals surface area contributed by atoms with Gasteiger partial charge in [-0.05, 0) is 69.0 Å². The second-order valence-electron chi connectivity index (χ2n) is 8.16. The predicted octanol–water partition coefficient (Wildman–Crippen LogP) is 4.85. The van der Waals surface area contributed by atoms with E-state index in [1.54, 1.807) is 0 Å². The van der Waals surface area contributed by atoms with Crippen LogP contribution in [0, 0.1) is 0 Å². The van der Waals surface area contributed by atoms with E-state index in [1.165, 1.54) is 0 Å². The molecular weight excluding hydrogens is 380 g/mol. The molecule has 2 aromatic rings. The van der Waals surface area contributed by atoms with E-state index in [4.69, 9.17) is 14.2 Å². The molecule has 2 atom stereocenters. The van der Waals surface area contributed by atoms with E-state index in [2.05, 4.69) is 5.32 Å². The molecule has 0 spiro atoms. The maximum absolute atomic E-state index is 13.1. The van der Waals surface area contributed by atoms with E-state index in [0.29, 0.717) is 13.2 Å². The molecule has 1 saturated heterocycles. The van der Waals surface area contributed by atoms with Crippen molar-refractivity contribution in [2.45, 2.75) is 51.8 Å². The zero-order valence-corrected chi connectivity index (χ0v) is 17.9. The maximum Gasteiger partial charge on any atom is 0.318 e. The Balaban J connectivity index is 1.45. The van der Waals surface area contributed by atoms with Gasteiger partial charge in [0.05, 0.1) is 18.2 Å². The lowest BCUT2D eigenvalue weighted by atomic mass is 10.0. The standard InChI is InChI=1S/C24H30N2O4/c1-16(2)30-20-7-4-6-18(14-20)17(3)25-24(27)26-11-5-8-21(26)19-9-10-22-23(15-19)29-13-12-28-22/h4,6-7,9-10,14-17,21H,5,8,11-13H2,1-3H3,(H,25,27). The smallest absolute Gasteiger partial charge is 0.318 e. The molecule has 2 aliphatic rings. The minimum Gasteiger partial charge on any atom is -0.491 e. The van der Waals surface area contributed by atoms with Gasteiger partial charge in [-0.15, -0.1) is 0 Å². The summed E-state index contributed by atoms with van der Waals surface area (Å²) in [6, 6.07) is 13.8. The monoisotopic (exact) mass is 410 g/mol. The number of amides is 2. The number of rotatable bonds is 5. The lowest BCUT2D eigenvalue weighted by molar-refractivity contribution is 0.170. The van der Waals surface area contributed by atoms with Crippen LogP contribution in [0.2, 0.25) is 0 Å². The first-order valence-corrected chi connectivity index (χ1v) is 10.7. The molecule has 160 valence electrons. The van der Waals surface area contributed by atoms with Crippen molar-refractivity contribution in [2.75, 3.05) is 19.8 Å². The van der Waals surface area contributed by atoms with Gasteiger partial charge in [-0.3, -0.25) is 0 Å². The molecule has 1 N–H and O–H groups in total. The van der Waals surface area contributed by atoms with Crippen molar-refractivity contribution in [3.05, 3.63) is 53.6 Å². The third-order valence-corrected chi connectivity index (χ3v) is 5.53. The average Bonchev–Trinajstić information content (AvgIpc) is 3.23. The molecule has 0 saturated carbocycles. The topological polar surface area (TPSA) is 60.0 Å². The summed E-state index contributed by atoms with van der Waals surface area (Å²) in [7, 11) is 0. The SMILES string of the molecule is CC(C)Oc1cccc(C(C)NC(=O)N2CCCC2c2ccc3c(c2)OCCO3)c1. The van der Waals surface area contributed by atoms with Crippen LogP contribution in [0.15, 0.2) is 42.5 Å². The summed E-state index contributed by atoms with van der Waals surface area (Å²) in [5.74, 6) is 2.36. The number of carbonyl (C=O) groups excluding carboxylic acids is 1. The first-order chi connectivity index (χ1) is 14.5. The molecule has 2 heterocycles. The number of benzene rings is 2. The molecule has 4 rings (SSSR count). The van der Waals surface area contributed by atoms with Gasteiger partial charge < -0.3 is 24.4 Å². The fourth-order valence-corrected chi connectivity index (χ4v) is 4.10. The van der Waals surface area contributed by atoms with Crippen molar-refractivity contribution in [3.63, 3.8) is 0 Å². The van der Waals surface area contributed by atoms with Crippen molar-refractivity contribution in [2.24, 2.45) is 0 Å². The molecule has 2 amide bonds. The molecule has 30 heavy (non-hydrogen) atoms. The summed E-state index contributed by atoms with van der Waals surface area (Å²) >= 11 is 0. The zero-order valence-electron chi connectivity index (χ0n) is 17.9. The summed E-state index contributed by atoms with van der Waals surface area (Å²) in [5.41, 5.74) is 2.11. The van der Waals surface area contributed by atoms with E-state index in [9.17, 15) is 4.79 Å². The molecule has 2 aliphatic heterocycles. The number of carbonyl (C=O) groups is 1. The molecule has 1 fully saturated rings. The lowest BCUT2D eigenvalue weighted by Crippen LogP contribution is -2.40. The molecule has 0 bridgehead atoms. The summed E-state index contributed by atoms with van der Waals surface area (Å²) in [6.07, 6.45) is 2.04. The van der Waals surface area contributed by atoms with Gasteiger partial charge in [-0.25, -0.2) is 4.79 Å². The van der Waals surface area contributed by atoms with Crippen LogP contribution in [0.4, 0.5) is 4.79 Å². The molecule has 2 unspecified atom stereocenters. The van der Waals surface area contributed by atoms with Gasteiger partial charge in [-0.2, -0.15) is 0 Å². The summed E-state index contributed by atoms with van der Waals surface area (Å²) < 4.78 is 17.1. The second-order valence-corrected chi connectivity index (χ2v) is 8.16. The Morgan fingerprint density at radius 2 is 1.90 bits per heavy atom. The van der Waals surface area contributed by atoms with E-state index >= 15 is 0 Å². The van der Waals surface area contributed by atoms with Crippen LogP contribution in [0.3, 0.4) is 0 Å². The van der Waals surface area contributed by atoms with Crippen LogP contribution in [0.5, 0.6) is 17.2 Å². The van der Waals surface area contributed by atoms with Gasteiger partial charge in [0.25, 0.3) is 0 Å². The molecule has 6 nitrogen and oxygen atoms in total. The molecular formula is C24H30N2O4. The number of hydrogen-bond donors (Lipinski definition) is 1. The lowest BCUT2D eigenvalue weighted by Gasteiger charge is -2.28. The van der Waals surface area contributed by atoms with E-state index in [-0.39, 0.29) is 24.2 Å². The van der Waals surface area contributed by atoms with Gasteiger partial charge >= 0.3 is 6.03 Å². The Labute approximate surface area is 178 Å². The van der Waals surface area contributed by atoms with E-state index < -0.39 is 0 Å². The first kappa shape index (κ1) is 20.4. The van der Waals surface area contributed by atoms with Crippen LogP contribution >= 0.6 is 0 Å². The number of urea groups is 1. The highest BCUT2D eigenvalue weighted by Gasteiger charge is 2.31. The Hall–Kier alpha value is -2.89.